The summed E-state index contributed by atoms with van der Waals surface area (Å²) in [4.78, 5) is 0. The third-order valence-electron chi connectivity index (χ3n) is 3.06. The number of hydrogen-bond donors (Lipinski definition) is 1. The van der Waals surface area contributed by atoms with Crippen LogP contribution in [0.3, 0.4) is 0 Å². The number of nitrogens with two attached hydrogens (primary N) is 1. The number of anilines is 1. The number of hydrazone groups is 1. The highest BCUT2D eigenvalue weighted by Crippen LogP contribution is 2.21. The Bertz CT molecular complexity index is 427. The molecule has 1 aliphatic heterocycles. The van der Waals surface area contributed by atoms with Crippen molar-refractivity contribution in [3.05, 3.63) is 29.8 Å². The van der Waals surface area contributed by atoms with Gasteiger partial charge >= 0.3 is 0 Å². The van der Waals surface area contributed by atoms with Crippen molar-refractivity contribution in [2.45, 2.75) is 20.4 Å². The lowest BCUT2D eigenvalue weighted by Gasteiger charge is -2.33. The molecule has 0 saturated heterocycles. The average molecular weight is 264 g/mol. The van der Waals surface area contributed by atoms with Crippen LogP contribution < -0.4 is 10.7 Å². The van der Waals surface area contributed by atoms with Crippen LogP contribution in [0.15, 0.2) is 29.4 Å². The predicted octanol–water partition coefficient (Wildman–Crippen LogP) is 2.03. The molecule has 1 aromatic rings. The van der Waals surface area contributed by atoms with Crippen molar-refractivity contribution >= 4 is 20.9 Å². The Kier molecular flexibility index (Phi) is 4.20. The second kappa shape index (κ2) is 5.68. The summed E-state index contributed by atoms with van der Waals surface area (Å²) < 4.78 is 2.15. The van der Waals surface area contributed by atoms with E-state index in [4.69, 9.17) is 10.8 Å². The van der Waals surface area contributed by atoms with E-state index in [1.54, 1.807) is 0 Å². The third kappa shape index (κ3) is 2.82. The molecular weight excluding hydrogens is 243 g/mol. The second-order valence-corrected chi connectivity index (χ2v) is 5.42. The van der Waals surface area contributed by atoms with Gasteiger partial charge in [-0.05, 0) is 27.1 Å². The normalized spacial score (nSPS) is 16.2. The van der Waals surface area contributed by atoms with Gasteiger partial charge in [-0.1, -0.05) is 26.0 Å². The summed E-state index contributed by atoms with van der Waals surface area (Å²) in [5, 5.41) is 6.78. The summed E-state index contributed by atoms with van der Waals surface area (Å²) >= 11 is 0. The zero-order valence-electron chi connectivity index (χ0n) is 11.0. The van der Waals surface area contributed by atoms with Gasteiger partial charge in [-0.15, -0.1) is 0 Å². The Morgan fingerprint density at radius 2 is 1.94 bits per heavy atom. The zero-order valence-corrected chi connectivity index (χ0v) is 12.2. The van der Waals surface area contributed by atoms with Crippen LogP contribution in [0.5, 0.6) is 0 Å². The van der Waals surface area contributed by atoms with Gasteiger partial charge in [0, 0.05) is 19.0 Å². The first-order valence-electron chi connectivity index (χ1n) is 6.29. The first kappa shape index (κ1) is 13.3. The third-order valence-corrected chi connectivity index (χ3v) is 3.58. The molecule has 98 valence electrons. The number of amidine groups is 1. The molecule has 4 nitrogen and oxygen atoms in total. The molecule has 2 rings (SSSR count). The highest BCUT2D eigenvalue weighted by molar-refractivity contribution is 7.14. The maximum atomic E-state index is 5.61. The van der Waals surface area contributed by atoms with Crippen molar-refractivity contribution in [2.24, 2.45) is 16.8 Å². The first-order chi connectivity index (χ1) is 8.61. The molecule has 0 saturated carbocycles. The van der Waals surface area contributed by atoms with Crippen LogP contribution in [0.4, 0.5) is 5.69 Å². The summed E-state index contributed by atoms with van der Waals surface area (Å²) in [6.07, 6.45) is 0. The minimum absolute atomic E-state index is 0.425. The quantitative estimate of drug-likeness (QED) is 0.850. The summed E-state index contributed by atoms with van der Waals surface area (Å²) in [5.74, 6) is 1.53. The minimum Gasteiger partial charge on any atom is -0.341 e. The molecule has 1 aromatic carbocycles. The van der Waals surface area contributed by atoms with Crippen LogP contribution in [-0.2, 0) is 6.54 Å². The maximum Gasteiger partial charge on any atom is 0.130 e. The van der Waals surface area contributed by atoms with Crippen molar-refractivity contribution in [1.82, 2.24) is 4.67 Å². The fourth-order valence-corrected chi connectivity index (χ4v) is 2.45. The lowest BCUT2D eigenvalue weighted by molar-refractivity contribution is 0.566. The van der Waals surface area contributed by atoms with E-state index in [1.807, 2.05) is 0 Å². The van der Waals surface area contributed by atoms with E-state index >= 15 is 0 Å². The van der Waals surface area contributed by atoms with Gasteiger partial charge in [-0.2, -0.15) is 5.10 Å². The molecular formula is C13H21N4P. The smallest absolute Gasteiger partial charge is 0.130 e. The lowest BCUT2D eigenvalue weighted by Crippen LogP contribution is -2.40. The van der Waals surface area contributed by atoms with Crippen molar-refractivity contribution in [3.8, 4) is 0 Å². The number of nitrogens with zero attached hydrogens (tertiary/aromatic N) is 3. The molecule has 1 aliphatic rings. The second-order valence-electron chi connectivity index (χ2n) is 4.80. The van der Waals surface area contributed by atoms with Gasteiger partial charge in [-0.25, -0.2) is 0 Å². The van der Waals surface area contributed by atoms with Crippen molar-refractivity contribution < 1.29 is 0 Å². The van der Waals surface area contributed by atoms with Crippen LogP contribution in [0.2, 0.25) is 0 Å². The Morgan fingerprint density at radius 1 is 1.28 bits per heavy atom. The summed E-state index contributed by atoms with van der Waals surface area (Å²) in [6, 6.07) is 8.30. The first-order valence-corrected chi connectivity index (χ1v) is 6.80. The SMILES string of the molecule is CC(C)C1=NN(c2ccc(CN)cc2)CCN1P. The van der Waals surface area contributed by atoms with Gasteiger partial charge < -0.3 is 10.4 Å². The van der Waals surface area contributed by atoms with Gasteiger partial charge in [-0.3, -0.25) is 5.01 Å². The number of benzene rings is 1. The van der Waals surface area contributed by atoms with Gasteiger partial charge in [0.25, 0.3) is 0 Å². The molecule has 2 N–H and O–H groups in total. The molecule has 0 fully saturated rings. The molecule has 1 atom stereocenters. The Labute approximate surface area is 111 Å². The number of rotatable bonds is 3. The Morgan fingerprint density at radius 3 is 2.50 bits per heavy atom. The molecule has 0 aliphatic carbocycles. The standard InChI is InChI=1S/C13H21N4P/c1-10(2)13-15-16(7-8-17(13)18)12-5-3-11(9-14)4-6-12/h3-6,10H,7-9,14,18H2,1-2H3. The fraction of sp³-hybridized carbons (Fsp3) is 0.462. The fourth-order valence-electron chi connectivity index (χ4n) is 1.99. The monoisotopic (exact) mass is 264 g/mol. The van der Waals surface area contributed by atoms with E-state index in [0.717, 1.165) is 30.2 Å². The molecule has 0 amide bonds. The van der Waals surface area contributed by atoms with E-state index in [0.29, 0.717) is 12.5 Å². The van der Waals surface area contributed by atoms with Crippen LogP contribution in [0.25, 0.3) is 0 Å². The molecule has 0 radical (unpaired) electrons. The molecule has 1 unspecified atom stereocenters. The topological polar surface area (TPSA) is 44.9 Å². The summed E-state index contributed by atoms with van der Waals surface area (Å²) in [7, 11) is 2.74. The van der Waals surface area contributed by atoms with Gasteiger partial charge in [0.15, 0.2) is 0 Å². The van der Waals surface area contributed by atoms with E-state index in [1.165, 1.54) is 0 Å². The Hall–Kier alpha value is -1.12. The van der Waals surface area contributed by atoms with Crippen molar-refractivity contribution in [1.29, 1.82) is 0 Å². The van der Waals surface area contributed by atoms with E-state index in [-0.39, 0.29) is 0 Å². The van der Waals surface area contributed by atoms with Crippen molar-refractivity contribution in [3.63, 3.8) is 0 Å². The van der Waals surface area contributed by atoms with E-state index in [2.05, 4.69) is 57.2 Å². The van der Waals surface area contributed by atoms with Gasteiger partial charge in [0.05, 0.1) is 12.2 Å². The molecule has 18 heavy (non-hydrogen) atoms. The molecule has 0 bridgehead atoms. The Balaban J connectivity index is 2.22. The van der Waals surface area contributed by atoms with E-state index < -0.39 is 0 Å². The molecule has 1 heterocycles. The highest BCUT2D eigenvalue weighted by Gasteiger charge is 2.19. The average Bonchev–Trinajstić information content (AvgIpc) is 2.39. The van der Waals surface area contributed by atoms with Crippen LogP contribution >= 0.6 is 9.39 Å². The van der Waals surface area contributed by atoms with Crippen LogP contribution in [0.1, 0.15) is 19.4 Å². The lowest BCUT2D eigenvalue weighted by atomic mass is 10.2. The van der Waals surface area contributed by atoms with Crippen LogP contribution in [0, 0.1) is 5.92 Å². The highest BCUT2D eigenvalue weighted by atomic mass is 31.0. The van der Waals surface area contributed by atoms with Gasteiger partial charge in [0.2, 0.25) is 0 Å². The summed E-state index contributed by atoms with van der Waals surface area (Å²) in [5.41, 5.74) is 7.89. The zero-order chi connectivity index (χ0) is 13.1. The van der Waals surface area contributed by atoms with Crippen LogP contribution in [-0.4, -0.2) is 23.6 Å². The molecule has 0 spiro atoms. The van der Waals surface area contributed by atoms with Gasteiger partial charge in [0.1, 0.15) is 5.84 Å². The molecule has 5 heteroatoms. The largest absolute Gasteiger partial charge is 0.341 e. The van der Waals surface area contributed by atoms with Crippen molar-refractivity contribution in [2.75, 3.05) is 18.1 Å². The van der Waals surface area contributed by atoms with E-state index in [9.17, 15) is 0 Å². The maximum absolute atomic E-state index is 5.61. The predicted molar refractivity (Wildman–Crippen MR) is 80.4 cm³/mol. The number of hydrogen-bond acceptors (Lipinski definition) is 4. The molecule has 0 aromatic heterocycles. The minimum atomic E-state index is 0.425. The summed E-state index contributed by atoms with van der Waals surface area (Å²) in [6.45, 7) is 6.79.